The highest BCUT2D eigenvalue weighted by atomic mass is 14.9. The molecular weight excluding hydrogens is 434 g/mol. The zero-order valence-electron chi connectivity index (χ0n) is 19.7. The summed E-state index contributed by atoms with van der Waals surface area (Å²) in [4.78, 5) is 0. The highest BCUT2D eigenvalue weighted by Gasteiger charge is 2.51. The predicted molar refractivity (Wildman–Crippen MR) is 150 cm³/mol. The Morgan fingerprint density at radius 2 is 0.917 bits per heavy atom. The first-order valence-electron chi connectivity index (χ1n) is 12.5. The van der Waals surface area contributed by atoms with Gasteiger partial charge >= 0.3 is 0 Å². The summed E-state index contributed by atoms with van der Waals surface area (Å²) in [6.45, 7) is 0. The minimum atomic E-state index is -0.337. The number of fused-ring (bicyclic) bond motifs is 11. The number of benzene rings is 6. The van der Waals surface area contributed by atoms with Gasteiger partial charge in [0.25, 0.3) is 0 Å². The minimum absolute atomic E-state index is 0.337. The quantitative estimate of drug-likeness (QED) is 0.273. The molecule has 0 aliphatic heterocycles. The number of hydrogen-bond acceptors (Lipinski definition) is 1. The summed E-state index contributed by atoms with van der Waals surface area (Å²) >= 11 is 0. The number of nitrogens with one attached hydrogen (secondary N) is 1. The fourth-order valence-corrected chi connectivity index (χ4v) is 6.59. The minimum Gasteiger partial charge on any atom is -0.356 e. The van der Waals surface area contributed by atoms with E-state index in [4.69, 9.17) is 0 Å². The summed E-state index contributed by atoms with van der Waals surface area (Å²) in [5, 5.41) is 6.22. The van der Waals surface area contributed by atoms with Crippen molar-refractivity contribution in [2.75, 3.05) is 5.32 Å². The van der Waals surface area contributed by atoms with E-state index < -0.39 is 0 Å². The smallest absolute Gasteiger partial charge is 0.0726 e. The van der Waals surface area contributed by atoms with Crippen LogP contribution in [0.4, 0.5) is 11.4 Å². The van der Waals surface area contributed by atoms with Crippen molar-refractivity contribution < 1.29 is 0 Å². The van der Waals surface area contributed by atoms with Gasteiger partial charge < -0.3 is 5.32 Å². The van der Waals surface area contributed by atoms with E-state index in [2.05, 4.69) is 139 Å². The van der Waals surface area contributed by atoms with Crippen LogP contribution in [0, 0.1) is 0 Å². The van der Waals surface area contributed by atoms with Crippen molar-refractivity contribution in [2.24, 2.45) is 0 Å². The molecule has 0 amide bonds. The fraction of sp³-hybridized carbons (Fsp3) is 0.0286. The first kappa shape index (κ1) is 19.7. The van der Waals surface area contributed by atoms with E-state index in [0.29, 0.717) is 0 Å². The second-order valence-corrected chi connectivity index (χ2v) is 9.84. The molecule has 6 aromatic carbocycles. The first-order chi connectivity index (χ1) is 17.8. The van der Waals surface area contributed by atoms with Gasteiger partial charge in [0.05, 0.1) is 5.41 Å². The fourth-order valence-electron chi connectivity index (χ4n) is 6.59. The molecule has 0 saturated heterocycles. The molecule has 0 aromatic heterocycles. The maximum Gasteiger partial charge on any atom is 0.0726 e. The molecule has 0 saturated carbocycles. The van der Waals surface area contributed by atoms with Crippen LogP contribution < -0.4 is 5.32 Å². The van der Waals surface area contributed by atoms with Gasteiger partial charge in [-0.1, -0.05) is 97.1 Å². The van der Waals surface area contributed by atoms with Crippen LogP contribution in [0.15, 0.2) is 133 Å². The molecule has 1 heteroatoms. The van der Waals surface area contributed by atoms with Gasteiger partial charge in [-0.3, -0.25) is 0 Å². The molecule has 6 aromatic rings. The van der Waals surface area contributed by atoms with Crippen molar-refractivity contribution >= 4 is 22.1 Å². The second-order valence-electron chi connectivity index (χ2n) is 9.84. The van der Waals surface area contributed by atoms with Crippen LogP contribution in [0.1, 0.15) is 22.3 Å². The molecule has 2 aliphatic carbocycles. The largest absolute Gasteiger partial charge is 0.356 e. The standard InChI is InChI=1S/C35H23N/c1-2-12-25(13-3-1)36-26-18-19-29-27-14-6-8-16-31(27)35(34(29)22-26)32-17-9-7-15-28(32)30-20-23-10-4-5-11-24(23)21-33(30)35/h1-22,36H. The molecule has 36 heavy (non-hydrogen) atoms. The lowest BCUT2D eigenvalue weighted by Gasteiger charge is -2.31. The average Bonchev–Trinajstić information content (AvgIpc) is 3.39. The van der Waals surface area contributed by atoms with Crippen molar-refractivity contribution in [1.29, 1.82) is 0 Å². The third-order valence-corrected chi connectivity index (χ3v) is 8.02. The Bertz CT molecular complexity index is 1810. The maximum absolute atomic E-state index is 3.64. The van der Waals surface area contributed by atoms with Crippen LogP contribution in [0.5, 0.6) is 0 Å². The molecule has 1 N–H and O–H groups in total. The molecule has 8 rings (SSSR count). The lowest BCUT2D eigenvalue weighted by molar-refractivity contribution is 0.795. The van der Waals surface area contributed by atoms with E-state index in [-0.39, 0.29) is 5.41 Å². The number of anilines is 2. The van der Waals surface area contributed by atoms with E-state index >= 15 is 0 Å². The zero-order chi connectivity index (χ0) is 23.7. The molecule has 1 unspecified atom stereocenters. The Morgan fingerprint density at radius 3 is 1.67 bits per heavy atom. The molecule has 2 aliphatic rings. The van der Waals surface area contributed by atoms with Gasteiger partial charge in [0.1, 0.15) is 0 Å². The molecule has 0 heterocycles. The van der Waals surface area contributed by atoms with Crippen LogP contribution in [0.25, 0.3) is 33.0 Å². The Balaban J connectivity index is 1.48. The van der Waals surface area contributed by atoms with Crippen molar-refractivity contribution in [3.8, 4) is 22.3 Å². The zero-order valence-corrected chi connectivity index (χ0v) is 19.7. The Morgan fingerprint density at radius 1 is 0.361 bits per heavy atom. The van der Waals surface area contributed by atoms with Crippen molar-refractivity contribution in [3.63, 3.8) is 0 Å². The van der Waals surface area contributed by atoms with Gasteiger partial charge in [-0.2, -0.15) is 0 Å². The molecule has 1 spiro atoms. The van der Waals surface area contributed by atoms with Crippen LogP contribution in [-0.2, 0) is 5.41 Å². The second kappa shape index (κ2) is 7.19. The van der Waals surface area contributed by atoms with E-state index in [1.165, 1.54) is 55.3 Å². The van der Waals surface area contributed by atoms with Crippen LogP contribution in [0.2, 0.25) is 0 Å². The molecule has 0 bridgehead atoms. The Kier molecular flexibility index (Phi) is 3.93. The number of hydrogen-bond donors (Lipinski definition) is 1. The SMILES string of the molecule is c1ccc(Nc2ccc3c(c2)C2(c4ccccc4-3)c3ccccc3-c3cc4ccccc4cc32)cc1. The summed E-state index contributed by atoms with van der Waals surface area (Å²) in [7, 11) is 0. The maximum atomic E-state index is 3.64. The highest BCUT2D eigenvalue weighted by Crippen LogP contribution is 2.63. The van der Waals surface area contributed by atoms with E-state index in [1.54, 1.807) is 0 Å². The molecular formula is C35H23N. The summed E-state index contributed by atoms with van der Waals surface area (Å²) < 4.78 is 0. The summed E-state index contributed by atoms with van der Waals surface area (Å²) in [6.07, 6.45) is 0. The van der Waals surface area contributed by atoms with Crippen LogP contribution in [-0.4, -0.2) is 0 Å². The lowest BCUT2D eigenvalue weighted by atomic mass is 9.70. The summed E-state index contributed by atoms with van der Waals surface area (Å²) in [5.74, 6) is 0. The van der Waals surface area contributed by atoms with E-state index in [9.17, 15) is 0 Å². The number of para-hydroxylation sites is 1. The molecule has 1 atom stereocenters. The van der Waals surface area contributed by atoms with Gasteiger partial charge in [0.15, 0.2) is 0 Å². The summed E-state index contributed by atoms with van der Waals surface area (Å²) in [5.41, 5.74) is 12.7. The van der Waals surface area contributed by atoms with Crippen LogP contribution >= 0.6 is 0 Å². The van der Waals surface area contributed by atoms with Crippen molar-refractivity contribution in [1.82, 2.24) is 0 Å². The van der Waals surface area contributed by atoms with Crippen molar-refractivity contribution in [2.45, 2.75) is 5.41 Å². The molecule has 1 nitrogen and oxygen atoms in total. The van der Waals surface area contributed by atoms with E-state index in [0.717, 1.165) is 11.4 Å². The first-order valence-corrected chi connectivity index (χ1v) is 12.5. The predicted octanol–water partition coefficient (Wildman–Crippen LogP) is 8.93. The van der Waals surface area contributed by atoms with Gasteiger partial charge in [-0.15, -0.1) is 0 Å². The monoisotopic (exact) mass is 457 g/mol. The molecule has 0 fully saturated rings. The lowest BCUT2D eigenvalue weighted by Crippen LogP contribution is -2.26. The Hall–Kier alpha value is -4.62. The van der Waals surface area contributed by atoms with Crippen LogP contribution in [0.3, 0.4) is 0 Å². The normalized spacial score (nSPS) is 16.4. The van der Waals surface area contributed by atoms with Gasteiger partial charge in [0, 0.05) is 11.4 Å². The third kappa shape index (κ3) is 2.50. The molecule has 0 radical (unpaired) electrons. The van der Waals surface area contributed by atoms with Gasteiger partial charge in [-0.25, -0.2) is 0 Å². The summed E-state index contributed by atoms with van der Waals surface area (Å²) in [6, 6.07) is 48.9. The van der Waals surface area contributed by atoms with Gasteiger partial charge in [-0.05, 0) is 91.7 Å². The van der Waals surface area contributed by atoms with E-state index in [1.807, 2.05) is 0 Å². The molecule has 168 valence electrons. The highest BCUT2D eigenvalue weighted by molar-refractivity contribution is 6.00. The van der Waals surface area contributed by atoms with Crippen molar-refractivity contribution in [3.05, 3.63) is 156 Å². The van der Waals surface area contributed by atoms with Gasteiger partial charge in [0.2, 0.25) is 0 Å². The third-order valence-electron chi connectivity index (χ3n) is 8.02. The number of rotatable bonds is 2. The Labute approximate surface area is 210 Å². The average molecular weight is 458 g/mol. The topological polar surface area (TPSA) is 12.0 Å².